The van der Waals surface area contributed by atoms with Crippen molar-refractivity contribution in [2.75, 3.05) is 20.7 Å². The van der Waals surface area contributed by atoms with E-state index in [4.69, 9.17) is 4.74 Å². The van der Waals surface area contributed by atoms with Crippen molar-refractivity contribution in [2.45, 2.75) is 24.8 Å². The average Bonchev–Trinajstić information content (AvgIpc) is 2.63. The fourth-order valence-electron chi connectivity index (χ4n) is 3.28. The van der Waals surface area contributed by atoms with E-state index in [1.165, 1.54) is 0 Å². The number of nitriles is 1. The van der Waals surface area contributed by atoms with Gasteiger partial charge < -0.3 is 4.74 Å². The lowest BCUT2D eigenvalue weighted by Gasteiger charge is -2.40. The quantitative estimate of drug-likeness (QED) is 0.723. The SMILES string of the molecule is CCOC(=O)C[C@H](c1ccccc1)[C@@](C#N)(c1ccccc1)N(C)C. The van der Waals surface area contributed by atoms with Gasteiger partial charge in [-0.2, -0.15) is 5.26 Å². The van der Waals surface area contributed by atoms with Crippen molar-refractivity contribution < 1.29 is 9.53 Å². The first-order chi connectivity index (χ1) is 12.1. The van der Waals surface area contributed by atoms with Crippen molar-refractivity contribution in [3.63, 3.8) is 0 Å². The highest BCUT2D eigenvalue weighted by molar-refractivity contribution is 5.71. The molecule has 0 aliphatic heterocycles. The highest BCUT2D eigenvalue weighted by Gasteiger charge is 2.45. The van der Waals surface area contributed by atoms with Crippen LogP contribution in [0.25, 0.3) is 0 Å². The third kappa shape index (κ3) is 3.89. The van der Waals surface area contributed by atoms with Crippen LogP contribution in [0.4, 0.5) is 0 Å². The van der Waals surface area contributed by atoms with Crippen LogP contribution in [0.5, 0.6) is 0 Å². The summed E-state index contributed by atoms with van der Waals surface area (Å²) in [5.41, 5.74) is 0.824. The number of likely N-dealkylation sites (N-methyl/N-ethyl adjacent to an activating group) is 1. The van der Waals surface area contributed by atoms with Gasteiger partial charge in [-0.3, -0.25) is 9.69 Å². The predicted octanol–water partition coefficient (Wildman–Crippen LogP) is 3.70. The van der Waals surface area contributed by atoms with Crippen LogP contribution >= 0.6 is 0 Å². The summed E-state index contributed by atoms with van der Waals surface area (Å²) in [5.74, 6) is -0.649. The van der Waals surface area contributed by atoms with E-state index in [1.807, 2.05) is 79.7 Å². The number of benzene rings is 2. The van der Waals surface area contributed by atoms with Crippen LogP contribution in [-0.4, -0.2) is 31.6 Å². The van der Waals surface area contributed by atoms with Gasteiger partial charge in [-0.1, -0.05) is 60.7 Å². The Balaban J connectivity index is 2.61. The Bertz CT molecular complexity index is 723. The molecule has 0 unspecified atom stereocenters. The van der Waals surface area contributed by atoms with Gasteiger partial charge in [-0.25, -0.2) is 0 Å². The molecule has 2 aromatic carbocycles. The summed E-state index contributed by atoms with van der Waals surface area (Å²) in [4.78, 5) is 14.2. The number of rotatable bonds is 7. The van der Waals surface area contributed by atoms with E-state index in [-0.39, 0.29) is 18.3 Å². The summed E-state index contributed by atoms with van der Waals surface area (Å²) in [6.07, 6.45) is 0.137. The first kappa shape index (κ1) is 18.7. The van der Waals surface area contributed by atoms with Crippen LogP contribution in [0.3, 0.4) is 0 Å². The molecule has 0 fully saturated rings. The van der Waals surface area contributed by atoms with Crippen LogP contribution < -0.4 is 0 Å². The fourth-order valence-corrected chi connectivity index (χ4v) is 3.28. The van der Waals surface area contributed by atoms with Gasteiger partial charge in [0.25, 0.3) is 0 Å². The second-order valence-electron chi connectivity index (χ2n) is 6.11. The largest absolute Gasteiger partial charge is 0.466 e. The number of hydrogen-bond acceptors (Lipinski definition) is 4. The molecule has 0 amide bonds. The summed E-state index contributed by atoms with van der Waals surface area (Å²) in [6, 6.07) is 21.8. The number of esters is 1. The molecule has 0 heterocycles. The molecular formula is C21H24N2O2. The molecule has 0 radical (unpaired) electrons. The molecule has 0 N–H and O–H groups in total. The van der Waals surface area contributed by atoms with Crippen LogP contribution in [0.1, 0.15) is 30.4 Å². The molecular weight excluding hydrogens is 312 g/mol. The monoisotopic (exact) mass is 336 g/mol. The Labute approximate surface area is 149 Å². The zero-order valence-electron chi connectivity index (χ0n) is 15.0. The normalized spacial score (nSPS) is 14.4. The van der Waals surface area contributed by atoms with Gasteiger partial charge in [0.05, 0.1) is 19.1 Å². The molecule has 25 heavy (non-hydrogen) atoms. The lowest BCUT2D eigenvalue weighted by atomic mass is 9.73. The maximum absolute atomic E-state index is 12.3. The second kappa shape index (κ2) is 8.46. The Hall–Kier alpha value is -2.64. The summed E-state index contributed by atoms with van der Waals surface area (Å²) >= 11 is 0. The van der Waals surface area contributed by atoms with Crippen LogP contribution in [0, 0.1) is 11.3 Å². The molecule has 0 spiro atoms. The highest BCUT2D eigenvalue weighted by atomic mass is 16.5. The van der Waals surface area contributed by atoms with Gasteiger partial charge in [0.2, 0.25) is 0 Å². The maximum Gasteiger partial charge on any atom is 0.306 e. The third-order valence-electron chi connectivity index (χ3n) is 4.47. The summed E-state index contributed by atoms with van der Waals surface area (Å²) in [6.45, 7) is 2.11. The zero-order chi connectivity index (χ0) is 18.3. The van der Waals surface area contributed by atoms with Crippen LogP contribution in [0.2, 0.25) is 0 Å². The Morgan fingerprint density at radius 1 is 1.12 bits per heavy atom. The van der Waals surface area contributed by atoms with Gasteiger partial charge in [0.15, 0.2) is 0 Å². The zero-order valence-corrected chi connectivity index (χ0v) is 15.0. The van der Waals surface area contributed by atoms with Gasteiger partial charge >= 0.3 is 5.97 Å². The fraction of sp³-hybridized carbons (Fsp3) is 0.333. The van der Waals surface area contributed by atoms with E-state index < -0.39 is 5.54 Å². The molecule has 2 atom stereocenters. The second-order valence-corrected chi connectivity index (χ2v) is 6.11. The van der Waals surface area contributed by atoms with Crippen molar-refractivity contribution in [3.05, 3.63) is 71.8 Å². The molecule has 0 bridgehead atoms. The van der Waals surface area contributed by atoms with E-state index in [9.17, 15) is 10.1 Å². The van der Waals surface area contributed by atoms with E-state index >= 15 is 0 Å². The van der Waals surface area contributed by atoms with Crippen molar-refractivity contribution in [2.24, 2.45) is 0 Å². The lowest BCUT2D eigenvalue weighted by molar-refractivity contribution is -0.144. The average molecular weight is 336 g/mol. The van der Waals surface area contributed by atoms with Crippen molar-refractivity contribution in [1.29, 1.82) is 5.26 Å². The van der Waals surface area contributed by atoms with Gasteiger partial charge in [-0.05, 0) is 32.1 Å². The lowest BCUT2D eigenvalue weighted by Crippen LogP contribution is -2.46. The molecule has 2 rings (SSSR count). The first-order valence-corrected chi connectivity index (χ1v) is 8.41. The molecule has 2 aromatic rings. The minimum absolute atomic E-state index is 0.137. The molecule has 0 saturated heterocycles. The minimum atomic E-state index is -0.977. The number of hydrogen-bond donors (Lipinski definition) is 0. The van der Waals surface area contributed by atoms with E-state index in [0.29, 0.717) is 6.61 Å². The van der Waals surface area contributed by atoms with Gasteiger partial charge in [-0.15, -0.1) is 0 Å². The topological polar surface area (TPSA) is 53.3 Å². The standard InChI is InChI=1S/C21H24N2O2/c1-4-25-20(24)15-19(17-11-7-5-8-12-17)21(16-22,23(2)3)18-13-9-6-10-14-18/h5-14,19H,4,15H2,1-3H3/t19-,21-/m1/s1. The molecule has 0 aromatic heterocycles. The molecule has 4 heteroatoms. The highest BCUT2D eigenvalue weighted by Crippen LogP contribution is 2.42. The van der Waals surface area contributed by atoms with Gasteiger partial charge in [0, 0.05) is 5.92 Å². The van der Waals surface area contributed by atoms with Gasteiger partial charge in [0.1, 0.15) is 5.54 Å². The number of nitrogens with zero attached hydrogens (tertiary/aromatic N) is 2. The Morgan fingerprint density at radius 2 is 1.68 bits per heavy atom. The summed E-state index contributed by atoms with van der Waals surface area (Å²) in [7, 11) is 3.74. The maximum atomic E-state index is 12.3. The molecule has 0 aliphatic rings. The first-order valence-electron chi connectivity index (χ1n) is 8.41. The minimum Gasteiger partial charge on any atom is -0.466 e. The summed E-state index contributed by atoms with van der Waals surface area (Å²) < 4.78 is 5.18. The predicted molar refractivity (Wildman–Crippen MR) is 97.9 cm³/mol. The third-order valence-corrected chi connectivity index (χ3v) is 4.47. The smallest absolute Gasteiger partial charge is 0.306 e. The molecule has 130 valence electrons. The van der Waals surface area contributed by atoms with E-state index in [1.54, 1.807) is 6.92 Å². The van der Waals surface area contributed by atoms with Crippen molar-refractivity contribution >= 4 is 5.97 Å². The van der Waals surface area contributed by atoms with E-state index in [0.717, 1.165) is 11.1 Å². The Morgan fingerprint density at radius 3 is 2.16 bits per heavy atom. The molecule has 0 saturated carbocycles. The van der Waals surface area contributed by atoms with Crippen molar-refractivity contribution in [1.82, 2.24) is 4.90 Å². The van der Waals surface area contributed by atoms with Crippen LogP contribution in [-0.2, 0) is 15.1 Å². The number of carbonyl (C=O) groups is 1. The molecule has 0 aliphatic carbocycles. The summed E-state index contributed by atoms with van der Waals surface area (Å²) in [5, 5.41) is 10.2. The van der Waals surface area contributed by atoms with Crippen molar-refractivity contribution in [3.8, 4) is 6.07 Å². The Kier molecular flexibility index (Phi) is 6.32. The van der Waals surface area contributed by atoms with E-state index in [2.05, 4.69) is 6.07 Å². The molecule has 4 nitrogen and oxygen atoms in total. The van der Waals surface area contributed by atoms with Crippen LogP contribution in [0.15, 0.2) is 60.7 Å². The number of ether oxygens (including phenoxy) is 1. The number of carbonyl (C=O) groups excluding carboxylic acids is 1.